The Kier molecular flexibility index (Phi) is 4.58. The molecule has 0 unspecified atom stereocenters. The number of benzene rings is 1. The second-order valence-corrected chi connectivity index (χ2v) is 5.99. The summed E-state index contributed by atoms with van der Waals surface area (Å²) in [6, 6.07) is 10.5. The molecule has 4 rings (SSSR count). The van der Waals surface area contributed by atoms with Crippen molar-refractivity contribution in [2.75, 3.05) is 19.6 Å². The molecule has 7 nitrogen and oxygen atoms in total. The zero-order valence-corrected chi connectivity index (χ0v) is 13.4. The SMILES string of the molecule is Cl.O=C(Cn1cnnn1)N1C[C@@H]2CNC[C@@H]2[C@@H]1c1ccccc1. The standard InChI is InChI=1S/C15H18N6O.ClH/c22-14(9-20-10-17-18-19-20)21-8-12-6-16-7-13(12)15(21)11-4-2-1-3-5-11;/h1-5,10,12-13,15-16H,6-9H2;1H/t12-,13-,15-;/m0./s1. The Morgan fingerprint density at radius 3 is 2.83 bits per heavy atom. The lowest BCUT2D eigenvalue weighted by Crippen LogP contribution is -2.36. The maximum atomic E-state index is 12.7. The molecule has 0 spiro atoms. The molecular formula is C15H19ClN6O. The van der Waals surface area contributed by atoms with Crippen LogP contribution in [0.25, 0.3) is 0 Å². The number of nitrogens with one attached hydrogen (secondary N) is 1. The first-order chi connectivity index (χ1) is 10.8. The molecule has 2 aromatic rings. The van der Waals surface area contributed by atoms with Gasteiger partial charge in [0.1, 0.15) is 12.9 Å². The molecule has 2 fully saturated rings. The lowest BCUT2D eigenvalue weighted by atomic mass is 9.89. The highest BCUT2D eigenvalue weighted by molar-refractivity contribution is 5.85. The fourth-order valence-electron chi connectivity index (χ4n) is 3.74. The lowest BCUT2D eigenvalue weighted by molar-refractivity contribution is -0.133. The van der Waals surface area contributed by atoms with E-state index in [0.717, 1.165) is 19.6 Å². The Hall–Kier alpha value is -1.99. The number of aromatic nitrogens is 4. The van der Waals surface area contributed by atoms with Gasteiger partial charge in [0.25, 0.3) is 0 Å². The predicted octanol–water partition coefficient (Wildman–Crippen LogP) is 0.514. The van der Waals surface area contributed by atoms with E-state index in [9.17, 15) is 4.79 Å². The number of rotatable bonds is 3. The Bertz CT molecular complexity index is 649. The highest BCUT2D eigenvalue weighted by Crippen LogP contribution is 2.42. The summed E-state index contributed by atoms with van der Waals surface area (Å²) in [5.41, 5.74) is 1.21. The van der Waals surface area contributed by atoms with E-state index in [1.807, 2.05) is 23.1 Å². The van der Waals surface area contributed by atoms with Gasteiger partial charge in [0.2, 0.25) is 5.91 Å². The summed E-state index contributed by atoms with van der Waals surface area (Å²) in [6.07, 6.45) is 1.48. The van der Waals surface area contributed by atoms with Gasteiger partial charge in [-0.3, -0.25) is 4.79 Å². The number of hydrogen-bond donors (Lipinski definition) is 1. The van der Waals surface area contributed by atoms with E-state index in [2.05, 4.69) is 33.0 Å². The van der Waals surface area contributed by atoms with Crippen molar-refractivity contribution < 1.29 is 4.79 Å². The van der Waals surface area contributed by atoms with Crippen molar-refractivity contribution in [3.63, 3.8) is 0 Å². The highest BCUT2D eigenvalue weighted by atomic mass is 35.5. The molecule has 2 aliphatic rings. The minimum absolute atomic E-state index is 0. The monoisotopic (exact) mass is 334 g/mol. The third-order valence-electron chi connectivity index (χ3n) is 4.71. The second kappa shape index (κ2) is 6.64. The van der Waals surface area contributed by atoms with E-state index in [0.29, 0.717) is 11.8 Å². The van der Waals surface area contributed by atoms with Gasteiger partial charge in [-0.25, -0.2) is 4.68 Å². The molecule has 8 heteroatoms. The molecule has 3 atom stereocenters. The van der Waals surface area contributed by atoms with Crippen LogP contribution in [0.15, 0.2) is 36.7 Å². The van der Waals surface area contributed by atoms with Crippen molar-refractivity contribution in [1.82, 2.24) is 30.4 Å². The van der Waals surface area contributed by atoms with Crippen LogP contribution in [-0.2, 0) is 11.3 Å². The van der Waals surface area contributed by atoms with E-state index >= 15 is 0 Å². The normalized spacial score (nSPS) is 25.9. The summed E-state index contributed by atoms with van der Waals surface area (Å²) in [6.45, 7) is 2.96. The van der Waals surface area contributed by atoms with Gasteiger partial charge in [0.05, 0.1) is 6.04 Å². The third-order valence-corrected chi connectivity index (χ3v) is 4.71. The first-order valence-corrected chi connectivity index (χ1v) is 7.59. The average molecular weight is 335 g/mol. The van der Waals surface area contributed by atoms with Crippen molar-refractivity contribution in [3.8, 4) is 0 Å². The molecule has 0 bridgehead atoms. The Morgan fingerprint density at radius 2 is 2.09 bits per heavy atom. The van der Waals surface area contributed by atoms with Crippen LogP contribution in [0.4, 0.5) is 0 Å². The van der Waals surface area contributed by atoms with Crippen LogP contribution in [0, 0.1) is 11.8 Å². The van der Waals surface area contributed by atoms with Gasteiger partial charge in [0.15, 0.2) is 0 Å². The molecule has 23 heavy (non-hydrogen) atoms. The number of carbonyl (C=O) groups is 1. The smallest absolute Gasteiger partial charge is 0.244 e. The van der Waals surface area contributed by atoms with Gasteiger partial charge in [-0.2, -0.15) is 0 Å². The molecule has 2 saturated heterocycles. The summed E-state index contributed by atoms with van der Waals surface area (Å²) >= 11 is 0. The molecule has 1 aromatic carbocycles. The van der Waals surface area contributed by atoms with Gasteiger partial charge in [-0.15, -0.1) is 17.5 Å². The molecule has 2 aliphatic heterocycles. The summed E-state index contributed by atoms with van der Waals surface area (Å²) in [7, 11) is 0. The number of carbonyl (C=O) groups excluding carboxylic acids is 1. The van der Waals surface area contributed by atoms with Gasteiger partial charge in [-0.05, 0) is 21.9 Å². The number of amides is 1. The second-order valence-electron chi connectivity index (χ2n) is 5.99. The number of nitrogens with zero attached hydrogens (tertiary/aromatic N) is 5. The van der Waals surface area contributed by atoms with Crippen LogP contribution in [0.1, 0.15) is 11.6 Å². The molecule has 3 heterocycles. The van der Waals surface area contributed by atoms with Crippen molar-refractivity contribution >= 4 is 18.3 Å². The van der Waals surface area contributed by atoms with Crippen LogP contribution in [-0.4, -0.2) is 50.6 Å². The fourth-order valence-corrected chi connectivity index (χ4v) is 3.74. The quantitative estimate of drug-likeness (QED) is 0.885. The van der Waals surface area contributed by atoms with E-state index in [1.165, 1.54) is 16.6 Å². The number of fused-ring (bicyclic) bond motifs is 1. The van der Waals surface area contributed by atoms with Gasteiger partial charge < -0.3 is 10.2 Å². The Balaban J connectivity index is 0.00000156. The molecule has 0 radical (unpaired) electrons. The predicted molar refractivity (Wildman–Crippen MR) is 85.8 cm³/mol. The van der Waals surface area contributed by atoms with Crippen LogP contribution in [0.5, 0.6) is 0 Å². The van der Waals surface area contributed by atoms with Crippen molar-refractivity contribution in [2.24, 2.45) is 11.8 Å². The van der Waals surface area contributed by atoms with Gasteiger partial charge in [-0.1, -0.05) is 30.3 Å². The maximum absolute atomic E-state index is 12.7. The summed E-state index contributed by atoms with van der Waals surface area (Å²) in [5.74, 6) is 1.10. The highest BCUT2D eigenvalue weighted by Gasteiger charge is 2.46. The first-order valence-electron chi connectivity index (χ1n) is 7.59. The maximum Gasteiger partial charge on any atom is 0.244 e. The number of likely N-dealkylation sites (tertiary alicyclic amines) is 1. The van der Waals surface area contributed by atoms with E-state index in [1.54, 1.807) is 0 Å². The summed E-state index contributed by atoms with van der Waals surface area (Å²) in [4.78, 5) is 14.7. The zero-order valence-electron chi connectivity index (χ0n) is 12.6. The van der Waals surface area contributed by atoms with Crippen LogP contribution in [0.2, 0.25) is 0 Å². The van der Waals surface area contributed by atoms with Crippen molar-refractivity contribution in [1.29, 1.82) is 0 Å². The van der Waals surface area contributed by atoms with Crippen molar-refractivity contribution in [2.45, 2.75) is 12.6 Å². The first kappa shape index (κ1) is 15.9. The Morgan fingerprint density at radius 1 is 1.26 bits per heavy atom. The zero-order chi connectivity index (χ0) is 14.9. The van der Waals surface area contributed by atoms with Crippen molar-refractivity contribution in [3.05, 3.63) is 42.2 Å². The van der Waals surface area contributed by atoms with Crippen LogP contribution < -0.4 is 5.32 Å². The van der Waals surface area contributed by atoms with Crippen LogP contribution in [0.3, 0.4) is 0 Å². The minimum atomic E-state index is 0. The van der Waals surface area contributed by atoms with Gasteiger partial charge in [0, 0.05) is 25.6 Å². The topological polar surface area (TPSA) is 75.9 Å². The average Bonchev–Trinajstić information content (AvgIpc) is 3.24. The van der Waals surface area contributed by atoms with Crippen LogP contribution >= 0.6 is 12.4 Å². The molecular weight excluding hydrogens is 316 g/mol. The molecule has 0 saturated carbocycles. The van der Waals surface area contributed by atoms with E-state index < -0.39 is 0 Å². The molecule has 1 N–H and O–H groups in total. The molecule has 1 aromatic heterocycles. The summed E-state index contributed by atoms with van der Waals surface area (Å²) < 4.78 is 1.48. The largest absolute Gasteiger partial charge is 0.333 e. The van der Waals surface area contributed by atoms with Gasteiger partial charge >= 0.3 is 0 Å². The Labute approximate surface area is 140 Å². The molecule has 122 valence electrons. The minimum Gasteiger partial charge on any atom is -0.333 e. The fraction of sp³-hybridized carbons (Fsp3) is 0.467. The molecule has 0 aliphatic carbocycles. The number of halogens is 1. The number of tetrazole rings is 1. The van der Waals surface area contributed by atoms with E-state index in [4.69, 9.17) is 0 Å². The summed E-state index contributed by atoms with van der Waals surface area (Å²) in [5, 5.41) is 14.4. The third kappa shape index (κ3) is 2.94. The number of hydrogen-bond acceptors (Lipinski definition) is 5. The molecule has 1 amide bonds. The lowest BCUT2D eigenvalue weighted by Gasteiger charge is -2.28. The van der Waals surface area contributed by atoms with E-state index in [-0.39, 0.29) is 30.9 Å².